The van der Waals surface area contributed by atoms with Gasteiger partial charge in [0.25, 0.3) is 10.0 Å². The molecule has 0 aliphatic rings. The number of nitrogens with zero attached hydrogens (tertiary/aromatic N) is 1. The predicted molar refractivity (Wildman–Crippen MR) is 105 cm³/mol. The maximum absolute atomic E-state index is 14.1. The number of carbonyl (C=O) groups is 1. The van der Waals surface area contributed by atoms with Gasteiger partial charge in [-0.1, -0.05) is 13.8 Å². The molecule has 0 heterocycles. The van der Waals surface area contributed by atoms with Crippen LogP contribution in [0.2, 0.25) is 0 Å². The Kier molecular flexibility index (Phi) is 6.98. The van der Waals surface area contributed by atoms with Gasteiger partial charge in [-0.2, -0.15) is 4.31 Å². The van der Waals surface area contributed by atoms with Crippen LogP contribution in [-0.2, 0) is 24.8 Å². The summed E-state index contributed by atoms with van der Waals surface area (Å²) in [6, 6.07) is 7.85. The highest BCUT2D eigenvalue weighted by molar-refractivity contribution is 7.92. The van der Waals surface area contributed by atoms with Crippen LogP contribution in [0.5, 0.6) is 0 Å². The second-order valence-corrected chi connectivity index (χ2v) is 9.44. The fraction of sp³-hybridized carbons (Fsp3) is 0.278. The Hall–Kier alpha value is -2.50. The smallest absolute Gasteiger partial charge is 0.337 e. The number of esters is 1. The van der Waals surface area contributed by atoms with E-state index in [-0.39, 0.29) is 16.1 Å². The second kappa shape index (κ2) is 8.89. The van der Waals surface area contributed by atoms with Crippen molar-refractivity contribution in [3.05, 3.63) is 53.8 Å². The number of hydrogen-bond acceptors (Lipinski definition) is 6. The van der Waals surface area contributed by atoms with Crippen molar-refractivity contribution >= 4 is 31.7 Å². The molecule has 0 saturated carbocycles. The molecule has 0 bridgehead atoms. The van der Waals surface area contributed by atoms with Crippen molar-refractivity contribution in [2.75, 3.05) is 24.9 Å². The Labute approximate surface area is 169 Å². The zero-order valence-corrected chi connectivity index (χ0v) is 17.7. The van der Waals surface area contributed by atoms with Gasteiger partial charge in [0.2, 0.25) is 10.0 Å². The maximum atomic E-state index is 14.1. The number of nitrogens with one attached hydrogen (secondary N) is 1. The molecule has 0 aliphatic carbocycles. The van der Waals surface area contributed by atoms with Crippen LogP contribution >= 0.6 is 0 Å². The number of hydrogen-bond donors (Lipinski definition) is 1. The van der Waals surface area contributed by atoms with Crippen LogP contribution < -0.4 is 4.72 Å². The molecule has 0 radical (unpaired) electrons. The molecule has 0 spiro atoms. The number of methoxy groups -OCH3 is 1. The van der Waals surface area contributed by atoms with Gasteiger partial charge in [-0.3, -0.25) is 4.72 Å². The molecule has 2 rings (SSSR count). The summed E-state index contributed by atoms with van der Waals surface area (Å²) in [5.74, 6) is -1.86. The molecule has 29 heavy (non-hydrogen) atoms. The van der Waals surface area contributed by atoms with Crippen molar-refractivity contribution in [2.45, 2.75) is 23.6 Å². The van der Waals surface area contributed by atoms with E-state index in [1.807, 2.05) is 0 Å². The number of sulfonamides is 2. The van der Waals surface area contributed by atoms with Gasteiger partial charge in [0.1, 0.15) is 10.7 Å². The van der Waals surface area contributed by atoms with Crippen LogP contribution in [0, 0.1) is 5.82 Å². The van der Waals surface area contributed by atoms with E-state index in [0.717, 1.165) is 25.3 Å². The highest BCUT2D eigenvalue weighted by Crippen LogP contribution is 2.23. The molecule has 0 amide bonds. The fourth-order valence-electron chi connectivity index (χ4n) is 2.57. The minimum atomic E-state index is -4.37. The van der Waals surface area contributed by atoms with Gasteiger partial charge >= 0.3 is 5.97 Å². The lowest BCUT2D eigenvalue weighted by atomic mass is 10.2. The van der Waals surface area contributed by atoms with Crippen molar-refractivity contribution < 1.29 is 30.8 Å². The molecule has 0 aliphatic heterocycles. The molecule has 0 saturated heterocycles. The van der Waals surface area contributed by atoms with Crippen molar-refractivity contribution in [2.24, 2.45) is 0 Å². The summed E-state index contributed by atoms with van der Waals surface area (Å²) in [7, 11) is -6.95. The second-order valence-electron chi connectivity index (χ2n) is 5.86. The van der Waals surface area contributed by atoms with E-state index < -0.39 is 36.7 Å². The number of carbonyl (C=O) groups excluding carboxylic acids is 1. The van der Waals surface area contributed by atoms with Crippen molar-refractivity contribution in [3.63, 3.8) is 0 Å². The lowest BCUT2D eigenvalue weighted by molar-refractivity contribution is 0.0600. The molecular formula is C18H21FN2O6S2. The van der Waals surface area contributed by atoms with E-state index in [1.54, 1.807) is 13.8 Å². The average molecular weight is 445 g/mol. The lowest BCUT2D eigenvalue weighted by Gasteiger charge is -2.18. The number of ether oxygens (including phenoxy) is 1. The third-order valence-corrected chi connectivity index (χ3v) is 7.55. The molecule has 2 aromatic carbocycles. The van der Waals surface area contributed by atoms with Gasteiger partial charge < -0.3 is 4.74 Å². The Morgan fingerprint density at radius 1 is 1.03 bits per heavy atom. The first-order chi connectivity index (χ1) is 13.6. The summed E-state index contributed by atoms with van der Waals surface area (Å²) in [6.45, 7) is 4.01. The topological polar surface area (TPSA) is 110 Å². The van der Waals surface area contributed by atoms with Gasteiger partial charge in [-0.05, 0) is 42.5 Å². The van der Waals surface area contributed by atoms with E-state index in [0.29, 0.717) is 13.1 Å². The summed E-state index contributed by atoms with van der Waals surface area (Å²) in [6.07, 6.45) is 0. The SMILES string of the molecule is CCN(CC)S(=O)(=O)c1ccc(NS(=O)(=O)c2cc(C(=O)OC)ccc2F)cc1. The third-order valence-electron chi connectivity index (χ3n) is 4.09. The molecule has 158 valence electrons. The Morgan fingerprint density at radius 3 is 2.14 bits per heavy atom. The number of anilines is 1. The monoisotopic (exact) mass is 444 g/mol. The largest absolute Gasteiger partial charge is 0.465 e. The summed E-state index contributed by atoms with van der Waals surface area (Å²) >= 11 is 0. The number of benzene rings is 2. The van der Waals surface area contributed by atoms with Gasteiger partial charge in [0, 0.05) is 18.8 Å². The average Bonchev–Trinajstić information content (AvgIpc) is 2.68. The van der Waals surface area contributed by atoms with Crippen LogP contribution in [0.3, 0.4) is 0 Å². The highest BCUT2D eigenvalue weighted by Gasteiger charge is 2.24. The van der Waals surface area contributed by atoms with E-state index in [1.165, 1.54) is 28.6 Å². The zero-order chi connectivity index (χ0) is 21.8. The molecule has 1 N–H and O–H groups in total. The Bertz CT molecular complexity index is 1100. The van der Waals surface area contributed by atoms with Crippen LogP contribution in [0.4, 0.5) is 10.1 Å². The van der Waals surface area contributed by atoms with Gasteiger partial charge in [-0.15, -0.1) is 0 Å². The normalized spacial score (nSPS) is 12.0. The van der Waals surface area contributed by atoms with E-state index >= 15 is 0 Å². The molecular weight excluding hydrogens is 423 g/mol. The quantitative estimate of drug-likeness (QED) is 0.627. The van der Waals surface area contributed by atoms with Crippen LogP contribution in [-0.4, -0.2) is 47.3 Å². The summed E-state index contributed by atoms with van der Waals surface area (Å²) < 4.78 is 72.0. The zero-order valence-electron chi connectivity index (χ0n) is 16.0. The van der Waals surface area contributed by atoms with E-state index in [2.05, 4.69) is 9.46 Å². The summed E-state index contributed by atoms with van der Waals surface area (Å²) in [5.41, 5.74) is -0.0960. The summed E-state index contributed by atoms with van der Waals surface area (Å²) in [5, 5.41) is 0. The first-order valence-electron chi connectivity index (χ1n) is 8.57. The van der Waals surface area contributed by atoms with Crippen LogP contribution in [0.15, 0.2) is 52.3 Å². The first-order valence-corrected chi connectivity index (χ1v) is 11.5. The summed E-state index contributed by atoms with van der Waals surface area (Å²) in [4.78, 5) is 10.8. The van der Waals surface area contributed by atoms with Crippen molar-refractivity contribution in [1.29, 1.82) is 0 Å². The van der Waals surface area contributed by atoms with Gasteiger partial charge in [-0.25, -0.2) is 26.0 Å². The van der Waals surface area contributed by atoms with E-state index in [4.69, 9.17) is 0 Å². The minimum Gasteiger partial charge on any atom is -0.465 e. The number of halogens is 1. The third kappa shape index (κ3) is 4.92. The van der Waals surface area contributed by atoms with Crippen molar-refractivity contribution in [3.8, 4) is 0 Å². The number of rotatable bonds is 8. The molecule has 2 aromatic rings. The predicted octanol–water partition coefficient (Wildman–Crippen LogP) is 2.44. The lowest BCUT2D eigenvalue weighted by Crippen LogP contribution is -2.30. The molecule has 0 aromatic heterocycles. The molecule has 0 fully saturated rings. The molecule has 11 heteroatoms. The Morgan fingerprint density at radius 2 is 1.62 bits per heavy atom. The van der Waals surface area contributed by atoms with E-state index in [9.17, 15) is 26.0 Å². The molecule has 8 nitrogen and oxygen atoms in total. The highest BCUT2D eigenvalue weighted by atomic mass is 32.2. The van der Waals surface area contributed by atoms with Crippen molar-refractivity contribution in [1.82, 2.24) is 4.31 Å². The standard InChI is InChI=1S/C18H21FN2O6S2/c1-4-21(5-2)29(25,26)15-9-7-14(8-10-15)20-28(23,24)17-12-13(18(22)27-3)6-11-16(17)19/h6-12,20H,4-5H2,1-3H3. The minimum absolute atomic E-state index is 0.00279. The maximum Gasteiger partial charge on any atom is 0.337 e. The molecule has 0 unspecified atom stereocenters. The first kappa shape index (κ1) is 22.8. The fourth-order valence-corrected chi connectivity index (χ4v) is 5.19. The van der Waals surface area contributed by atoms with Crippen LogP contribution in [0.25, 0.3) is 0 Å². The van der Waals surface area contributed by atoms with Gasteiger partial charge in [0.15, 0.2) is 0 Å². The molecule has 0 atom stereocenters. The Balaban J connectivity index is 2.34. The van der Waals surface area contributed by atoms with Crippen LogP contribution in [0.1, 0.15) is 24.2 Å². The van der Waals surface area contributed by atoms with Gasteiger partial charge in [0.05, 0.1) is 17.6 Å².